The smallest absolute Gasteiger partial charge is 0.104 e. The van der Waals surface area contributed by atoms with Gasteiger partial charge in [0.1, 0.15) is 23.3 Å². The van der Waals surface area contributed by atoms with Crippen molar-refractivity contribution < 1.29 is 0 Å². The third-order valence-corrected chi connectivity index (χ3v) is 19.7. The summed E-state index contributed by atoms with van der Waals surface area (Å²) in [5, 5.41) is 36.7. The molecular formula is C75H56N6S2. The molecule has 83 heavy (non-hydrogen) atoms. The maximum absolute atomic E-state index is 12.9. The van der Waals surface area contributed by atoms with E-state index in [0.29, 0.717) is 33.9 Å². The number of allylic oxidation sites excluding steroid dienone is 2. The van der Waals surface area contributed by atoms with Gasteiger partial charge in [0.2, 0.25) is 0 Å². The van der Waals surface area contributed by atoms with Crippen molar-refractivity contribution in [3.05, 3.63) is 229 Å². The molecule has 0 amide bonds. The number of aromatic nitrogens is 3. The number of para-hydroxylation sites is 4. The van der Waals surface area contributed by atoms with Crippen molar-refractivity contribution in [1.82, 2.24) is 13.7 Å². The van der Waals surface area contributed by atoms with Crippen LogP contribution in [0.25, 0.3) is 128 Å². The molecule has 0 fully saturated rings. The van der Waals surface area contributed by atoms with Gasteiger partial charge in [0.05, 0.1) is 70.9 Å². The summed E-state index contributed by atoms with van der Waals surface area (Å²) < 4.78 is 11.4. The van der Waals surface area contributed by atoms with Crippen LogP contribution in [0.4, 0.5) is 11.4 Å². The average molecular weight is 1110 g/mol. The molecule has 0 unspecified atom stereocenters. The fourth-order valence-electron chi connectivity index (χ4n) is 13.5. The molecule has 0 saturated carbocycles. The number of nitriles is 2. The molecule has 0 bridgehead atoms. The quantitative estimate of drug-likeness (QED) is 0.149. The number of nitrogens with zero attached hydrogens (tertiary/aromatic N) is 6. The lowest BCUT2D eigenvalue weighted by Gasteiger charge is -2.33. The molecule has 5 aromatic heterocycles. The Bertz CT molecular complexity index is 5190. The van der Waals surface area contributed by atoms with Crippen LogP contribution in [0.15, 0.2) is 201 Å². The van der Waals surface area contributed by atoms with Crippen LogP contribution in [0.5, 0.6) is 0 Å². The van der Waals surface area contributed by atoms with Crippen molar-refractivity contribution >= 4 is 145 Å². The highest BCUT2D eigenvalue weighted by molar-refractivity contribution is 7.27. The lowest BCUT2D eigenvalue weighted by Crippen LogP contribution is -2.22. The second-order valence-corrected chi connectivity index (χ2v) is 26.1. The van der Waals surface area contributed by atoms with Gasteiger partial charge in [0.15, 0.2) is 0 Å². The molecule has 0 spiro atoms. The van der Waals surface area contributed by atoms with Crippen LogP contribution in [-0.4, -0.2) is 20.7 Å². The molecule has 0 aliphatic rings. The normalized spacial score (nSPS) is 12.3. The SMILES string of the molecule is C=CC(=C)c1cc(C(C)(C)C)c2c(sc3ccccc32)c1N(C)c1c(-n2c3ccccc3c3ccccc32)c(C#N)c(-n2c3ccc(C(C)(C)C)cc3c3ccc4c5ccccc5sc4c32)c(C#N)c1-n1c2ccccc2c2ccccc21. The molecule has 0 saturated heterocycles. The van der Waals surface area contributed by atoms with Crippen molar-refractivity contribution in [3.8, 4) is 29.2 Å². The highest BCUT2D eigenvalue weighted by Crippen LogP contribution is 2.55. The molecule has 6 nitrogen and oxygen atoms in total. The van der Waals surface area contributed by atoms with Crippen LogP contribution in [0.2, 0.25) is 0 Å². The zero-order chi connectivity index (χ0) is 57.0. The Morgan fingerprint density at radius 2 is 0.928 bits per heavy atom. The Morgan fingerprint density at radius 1 is 0.470 bits per heavy atom. The minimum atomic E-state index is -0.267. The van der Waals surface area contributed by atoms with Crippen LogP contribution in [0.3, 0.4) is 0 Å². The summed E-state index contributed by atoms with van der Waals surface area (Å²) in [6, 6.07) is 70.9. The van der Waals surface area contributed by atoms with E-state index in [1.165, 1.54) is 32.0 Å². The lowest BCUT2D eigenvalue weighted by molar-refractivity contribution is 0.591. The van der Waals surface area contributed by atoms with Gasteiger partial charge in [-0.15, -0.1) is 22.7 Å². The highest BCUT2D eigenvalue weighted by atomic mass is 32.1. The van der Waals surface area contributed by atoms with E-state index in [9.17, 15) is 10.5 Å². The molecule has 0 radical (unpaired) electrons. The fourth-order valence-corrected chi connectivity index (χ4v) is 16.0. The molecule has 0 aliphatic carbocycles. The van der Waals surface area contributed by atoms with Crippen LogP contribution >= 0.6 is 22.7 Å². The van der Waals surface area contributed by atoms with E-state index in [1.54, 1.807) is 22.7 Å². The third-order valence-electron chi connectivity index (χ3n) is 17.3. The molecular weight excluding hydrogens is 1050 g/mol. The molecule has 5 heterocycles. The van der Waals surface area contributed by atoms with Gasteiger partial charge in [-0.3, -0.25) is 0 Å². The van der Waals surface area contributed by atoms with Crippen LogP contribution in [0, 0.1) is 22.7 Å². The van der Waals surface area contributed by atoms with Crippen molar-refractivity contribution in [2.24, 2.45) is 0 Å². The van der Waals surface area contributed by atoms with Gasteiger partial charge in [-0.05, 0) is 82.1 Å². The third kappa shape index (κ3) is 7.10. The Kier molecular flexibility index (Phi) is 11.0. The molecule has 15 rings (SSSR count). The number of rotatable bonds is 7. The maximum atomic E-state index is 12.9. The van der Waals surface area contributed by atoms with Crippen molar-refractivity contribution in [1.29, 1.82) is 10.5 Å². The van der Waals surface area contributed by atoms with Gasteiger partial charge in [-0.1, -0.05) is 188 Å². The Hall–Kier alpha value is -9.70. The van der Waals surface area contributed by atoms with Crippen molar-refractivity contribution in [2.45, 2.75) is 52.4 Å². The van der Waals surface area contributed by atoms with E-state index < -0.39 is 0 Å². The molecule has 15 aromatic rings. The highest BCUT2D eigenvalue weighted by Gasteiger charge is 2.37. The zero-order valence-corrected chi connectivity index (χ0v) is 48.9. The van der Waals surface area contributed by atoms with E-state index in [0.717, 1.165) is 102 Å². The van der Waals surface area contributed by atoms with E-state index in [-0.39, 0.29) is 10.8 Å². The summed E-state index contributed by atoms with van der Waals surface area (Å²) in [6.07, 6.45) is 1.85. The van der Waals surface area contributed by atoms with Crippen LogP contribution < -0.4 is 4.90 Å². The minimum absolute atomic E-state index is 0.166. The summed E-state index contributed by atoms with van der Waals surface area (Å²) >= 11 is 3.53. The maximum Gasteiger partial charge on any atom is 0.104 e. The van der Waals surface area contributed by atoms with E-state index in [1.807, 2.05) is 6.08 Å². The number of hydrogen-bond donors (Lipinski definition) is 0. The number of benzene rings is 10. The molecule has 10 aromatic carbocycles. The summed E-state index contributed by atoms with van der Waals surface area (Å²) in [5.74, 6) is 0. The average Bonchev–Trinajstić information content (AvgIpc) is 2.02. The van der Waals surface area contributed by atoms with E-state index >= 15 is 0 Å². The standard InChI is InChI=1S/C75H56N6S2/c1-10-43(2)53-40-57(75(6,7)8)65-52-28-16-22-34-64(52)83-73(65)69(53)78(9)71-67(79-58-29-17-11-23-45(58)46-24-12-18-30-59(46)79)55(41-76)66(56(42-77)68(71)80-60-31-19-13-25-47(60)48-26-14-20-32-61(48)80)81-62-38-35-44(74(3,4)5)39-54(62)50-36-37-51-49-27-15-21-33-63(49)82-72(51)70(50)81/h10-40H,1-2H2,3-9H3. The van der Waals surface area contributed by atoms with Gasteiger partial charge in [-0.25, -0.2) is 0 Å². The lowest BCUT2D eigenvalue weighted by atomic mass is 9.81. The molecule has 0 N–H and O–H groups in total. The first-order valence-corrected chi connectivity index (χ1v) is 29.8. The predicted molar refractivity (Wildman–Crippen MR) is 356 cm³/mol. The number of fused-ring (bicyclic) bond motifs is 16. The first-order valence-electron chi connectivity index (χ1n) is 28.2. The first-order chi connectivity index (χ1) is 40.2. The Balaban J connectivity index is 1.25. The Labute approximate surface area is 489 Å². The molecule has 0 aliphatic heterocycles. The summed E-state index contributed by atoms with van der Waals surface area (Å²) in [6.45, 7) is 22.7. The minimum Gasteiger partial charge on any atom is -0.339 e. The van der Waals surface area contributed by atoms with Gasteiger partial charge in [0.25, 0.3) is 0 Å². The summed E-state index contributed by atoms with van der Waals surface area (Å²) in [4.78, 5) is 2.29. The second kappa shape index (κ2) is 18.2. The van der Waals surface area contributed by atoms with Crippen LogP contribution in [-0.2, 0) is 10.8 Å². The van der Waals surface area contributed by atoms with Gasteiger partial charge in [0, 0.05) is 75.9 Å². The van der Waals surface area contributed by atoms with Crippen molar-refractivity contribution in [2.75, 3.05) is 11.9 Å². The monoisotopic (exact) mass is 1100 g/mol. The van der Waals surface area contributed by atoms with Gasteiger partial charge in [-0.2, -0.15) is 10.5 Å². The second-order valence-electron chi connectivity index (χ2n) is 24.0. The van der Waals surface area contributed by atoms with Crippen molar-refractivity contribution in [3.63, 3.8) is 0 Å². The molecule has 8 heteroatoms. The largest absolute Gasteiger partial charge is 0.339 e. The number of anilines is 2. The number of hydrogen-bond acceptors (Lipinski definition) is 5. The predicted octanol–water partition coefficient (Wildman–Crippen LogP) is 21.0. The van der Waals surface area contributed by atoms with Gasteiger partial charge < -0.3 is 18.6 Å². The molecule has 398 valence electrons. The Morgan fingerprint density at radius 3 is 1.43 bits per heavy atom. The van der Waals surface area contributed by atoms with Gasteiger partial charge >= 0.3 is 0 Å². The summed E-state index contributed by atoms with van der Waals surface area (Å²) in [7, 11) is 2.14. The van der Waals surface area contributed by atoms with E-state index in [4.69, 9.17) is 6.58 Å². The fraction of sp³-hybridized carbons (Fsp3) is 0.120. The summed E-state index contributed by atoms with van der Waals surface area (Å²) in [5.41, 5.74) is 13.3. The molecule has 0 atom stereocenters. The van der Waals surface area contributed by atoms with Crippen LogP contribution in [0.1, 0.15) is 69.4 Å². The number of thiophene rings is 2. The zero-order valence-electron chi connectivity index (χ0n) is 47.3. The topological polar surface area (TPSA) is 65.6 Å². The van der Waals surface area contributed by atoms with E-state index in [2.05, 4.69) is 268 Å². The first kappa shape index (κ1) is 50.3.